The summed E-state index contributed by atoms with van der Waals surface area (Å²) in [5.41, 5.74) is -0.857. The highest BCUT2D eigenvalue weighted by Gasteiger charge is 2.35. The van der Waals surface area contributed by atoms with Gasteiger partial charge in [0.1, 0.15) is 0 Å². The number of halogens is 5. The lowest BCUT2D eigenvalue weighted by molar-refractivity contribution is -0.122. The number of hydrogen-bond acceptors (Lipinski definition) is 3. The second kappa shape index (κ2) is 27.0. The third-order valence-electron chi connectivity index (χ3n) is 8.33. The zero-order valence-electron chi connectivity index (χ0n) is 26.5. The number of hydrogen-bond donors (Lipinski definition) is 0. The van der Waals surface area contributed by atoms with Gasteiger partial charge in [-0.15, -0.1) is 23.2 Å². The predicted molar refractivity (Wildman–Crippen MR) is 180 cm³/mol. The van der Waals surface area contributed by atoms with Crippen molar-refractivity contribution >= 4 is 73.7 Å². The van der Waals surface area contributed by atoms with E-state index in [0.29, 0.717) is 11.8 Å². The third kappa shape index (κ3) is 17.5. The maximum absolute atomic E-state index is 11.5. The molecule has 0 atom stereocenters. The summed E-state index contributed by atoms with van der Waals surface area (Å²) in [5, 5.41) is -0.508. The number of carbonyl (C=O) groups is 3. The van der Waals surface area contributed by atoms with Crippen molar-refractivity contribution in [2.75, 3.05) is 11.8 Å². The molecule has 240 valence electrons. The first kappa shape index (κ1) is 44.9. The Morgan fingerprint density at radius 1 is 0.425 bits per heavy atom. The van der Waals surface area contributed by atoms with E-state index in [9.17, 15) is 14.4 Å². The van der Waals surface area contributed by atoms with Crippen LogP contribution >= 0.6 is 58.0 Å². The van der Waals surface area contributed by atoms with Crippen LogP contribution in [0.1, 0.15) is 158 Å². The van der Waals surface area contributed by atoms with Gasteiger partial charge in [0.25, 0.3) is 0 Å². The van der Waals surface area contributed by atoms with E-state index in [1.807, 2.05) is 13.8 Å². The smallest absolute Gasteiger partial charge is 0.227 e. The molecule has 0 bridgehead atoms. The Kier molecular flexibility index (Phi) is 30.4. The Morgan fingerprint density at radius 2 is 0.725 bits per heavy atom. The van der Waals surface area contributed by atoms with Gasteiger partial charge in [0.05, 0.1) is 0 Å². The summed E-state index contributed by atoms with van der Waals surface area (Å²) in [5.74, 6) is 1.21. The van der Waals surface area contributed by atoms with E-state index >= 15 is 0 Å². The second-order valence-corrected chi connectivity index (χ2v) is 12.8. The van der Waals surface area contributed by atoms with Crippen molar-refractivity contribution in [1.82, 2.24) is 0 Å². The molecular formula is C32H59Cl5O3. The van der Waals surface area contributed by atoms with Gasteiger partial charge in [0.2, 0.25) is 15.7 Å². The number of alkyl halides is 2. The standard InChI is InChI=1S/C12H23ClO.C11H20Cl2O.C9H16Cl2O/c1-4-7-9-12(6-3,11(13)14)10-8-5-2;1-3-6-11(7-4-2,10(13)14)8-5-9-12;1-3-9(4-2,8(11)12)6-5-7-10/h4-10H2,1-3H3;3-9H2,1-2H3;3-7H2,1-2H3. The molecular weight excluding hydrogens is 610 g/mol. The van der Waals surface area contributed by atoms with Crippen molar-refractivity contribution in [3.8, 4) is 0 Å². The molecule has 0 fully saturated rings. The monoisotopic (exact) mass is 666 g/mol. The first-order chi connectivity index (χ1) is 18.9. The average Bonchev–Trinajstić information content (AvgIpc) is 2.93. The van der Waals surface area contributed by atoms with Crippen molar-refractivity contribution < 1.29 is 14.4 Å². The molecule has 3 nitrogen and oxygen atoms in total. The van der Waals surface area contributed by atoms with Crippen molar-refractivity contribution in [3.05, 3.63) is 0 Å². The van der Waals surface area contributed by atoms with Gasteiger partial charge in [-0.05, 0) is 105 Å². The van der Waals surface area contributed by atoms with Crippen LogP contribution in [0.25, 0.3) is 0 Å². The van der Waals surface area contributed by atoms with Gasteiger partial charge in [-0.1, -0.05) is 87.0 Å². The van der Waals surface area contributed by atoms with Crippen LogP contribution in [0.4, 0.5) is 0 Å². The van der Waals surface area contributed by atoms with Crippen molar-refractivity contribution in [3.63, 3.8) is 0 Å². The van der Waals surface area contributed by atoms with E-state index in [1.165, 1.54) is 0 Å². The van der Waals surface area contributed by atoms with Crippen LogP contribution < -0.4 is 0 Å². The quantitative estimate of drug-likeness (QED) is 0.0852. The summed E-state index contributed by atoms with van der Waals surface area (Å²) in [7, 11) is 0. The molecule has 0 aromatic heterocycles. The molecule has 8 heteroatoms. The molecule has 0 aliphatic heterocycles. The summed E-state index contributed by atoms with van der Waals surface area (Å²) < 4.78 is 0. The van der Waals surface area contributed by atoms with Gasteiger partial charge in [0, 0.05) is 28.0 Å². The van der Waals surface area contributed by atoms with Gasteiger partial charge in [-0.2, -0.15) is 0 Å². The Balaban J connectivity index is -0.000000515. The van der Waals surface area contributed by atoms with Crippen molar-refractivity contribution in [1.29, 1.82) is 0 Å². The van der Waals surface area contributed by atoms with Crippen LogP contribution in [0.5, 0.6) is 0 Å². The summed E-state index contributed by atoms with van der Waals surface area (Å²) >= 11 is 28.2. The molecule has 0 spiro atoms. The molecule has 0 amide bonds. The zero-order valence-corrected chi connectivity index (χ0v) is 30.3. The summed E-state index contributed by atoms with van der Waals surface area (Å²) in [6.45, 7) is 14.6. The molecule has 0 aromatic rings. The molecule has 0 saturated carbocycles. The molecule has 0 saturated heterocycles. The number of unbranched alkanes of at least 4 members (excludes halogenated alkanes) is 2. The van der Waals surface area contributed by atoms with Gasteiger partial charge < -0.3 is 0 Å². The minimum atomic E-state index is -0.323. The predicted octanol–water partition coefficient (Wildman–Crippen LogP) is 12.5. The van der Waals surface area contributed by atoms with E-state index in [-0.39, 0.29) is 32.0 Å². The van der Waals surface area contributed by atoms with E-state index in [4.69, 9.17) is 58.0 Å². The van der Waals surface area contributed by atoms with Crippen LogP contribution in [0, 0.1) is 16.2 Å². The topological polar surface area (TPSA) is 51.2 Å². The zero-order chi connectivity index (χ0) is 31.7. The van der Waals surface area contributed by atoms with Crippen LogP contribution in [0.3, 0.4) is 0 Å². The fraction of sp³-hybridized carbons (Fsp3) is 0.906. The second-order valence-electron chi connectivity index (χ2n) is 11.0. The first-order valence-electron chi connectivity index (χ1n) is 15.6. The highest BCUT2D eigenvalue weighted by atomic mass is 35.5. The average molecular weight is 669 g/mol. The van der Waals surface area contributed by atoms with Crippen LogP contribution in [-0.4, -0.2) is 27.5 Å². The minimum Gasteiger partial charge on any atom is -0.281 e. The SMILES string of the molecule is CCC(CC)(CCCCl)C(=O)Cl.CCCC(CCC)(CCCCl)C(=O)Cl.CCCCC(CC)(CCCC)C(=O)Cl. The third-order valence-corrected chi connectivity index (χ3v) is 10.1. The van der Waals surface area contributed by atoms with Gasteiger partial charge >= 0.3 is 0 Å². The molecule has 40 heavy (non-hydrogen) atoms. The van der Waals surface area contributed by atoms with Gasteiger partial charge in [0.15, 0.2) is 0 Å². The largest absolute Gasteiger partial charge is 0.281 e. The highest BCUT2D eigenvalue weighted by molar-refractivity contribution is 6.65. The molecule has 0 aliphatic carbocycles. The lowest BCUT2D eigenvalue weighted by Crippen LogP contribution is -2.27. The Morgan fingerprint density at radius 3 is 0.950 bits per heavy atom. The normalized spacial score (nSPS) is 11.7. The molecule has 0 radical (unpaired) electrons. The maximum Gasteiger partial charge on any atom is 0.227 e. The van der Waals surface area contributed by atoms with E-state index in [0.717, 1.165) is 109 Å². The molecule has 0 aliphatic rings. The van der Waals surface area contributed by atoms with Crippen LogP contribution in [0.15, 0.2) is 0 Å². The van der Waals surface area contributed by atoms with E-state index in [2.05, 4.69) is 34.6 Å². The Hall–Kier alpha value is 0.460. The lowest BCUT2D eigenvalue weighted by atomic mass is 9.77. The van der Waals surface area contributed by atoms with E-state index in [1.54, 1.807) is 0 Å². The first-order valence-corrected chi connectivity index (χ1v) is 17.8. The maximum atomic E-state index is 11.5. The summed E-state index contributed by atoms with van der Waals surface area (Å²) in [6.07, 6.45) is 16.1. The van der Waals surface area contributed by atoms with Gasteiger partial charge in [-0.25, -0.2) is 0 Å². The molecule has 0 N–H and O–H groups in total. The Labute approximate surface area is 272 Å². The summed E-state index contributed by atoms with van der Waals surface area (Å²) in [6, 6.07) is 0. The lowest BCUT2D eigenvalue weighted by Gasteiger charge is -2.29. The number of carbonyl (C=O) groups excluding carboxylic acids is 3. The van der Waals surface area contributed by atoms with Crippen LogP contribution in [-0.2, 0) is 14.4 Å². The van der Waals surface area contributed by atoms with Crippen molar-refractivity contribution in [2.45, 2.75) is 158 Å². The molecule has 0 heterocycles. The van der Waals surface area contributed by atoms with Crippen LogP contribution in [0.2, 0.25) is 0 Å². The minimum absolute atomic E-state index is 0.123. The van der Waals surface area contributed by atoms with Gasteiger partial charge in [-0.3, -0.25) is 14.4 Å². The number of rotatable bonds is 22. The van der Waals surface area contributed by atoms with E-state index < -0.39 is 0 Å². The van der Waals surface area contributed by atoms with Crippen molar-refractivity contribution in [2.24, 2.45) is 16.2 Å². The summed E-state index contributed by atoms with van der Waals surface area (Å²) in [4.78, 5) is 34.1. The Bertz CT molecular complexity index is 636. The highest BCUT2D eigenvalue weighted by Crippen LogP contribution is 2.38. The fourth-order valence-electron chi connectivity index (χ4n) is 5.26. The molecule has 0 unspecified atom stereocenters. The molecule has 0 rings (SSSR count). The molecule has 0 aromatic carbocycles. The fourth-order valence-corrected chi connectivity index (χ4v) is 6.50.